The third-order valence-corrected chi connectivity index (χ3v) is 5.61. The van der Waals surface area contributed by atoms with Crippen molar-refractivity contribution in [1.29, 1.82) is 0 Å². The second-order valence-corrected chi connectivity index (χ2v) is 8.10. The largest absolute Gasteiger partial charge is 0.496 e. The molecular formula is C23H24ClN5O6. The van der Waals surface area contributed by atoms with Crippen molar-refractivity contribution >= 4 is 34.9 Å². The van der Waals surface area contributed by atoms with E-state index in [1.807, 2.05) is 0 Å². The van der Waals surface area contributed by atoms with Gasteiger partial charge in [-0.05, 0) is 25.1 Å². The summed E-state index contributed by atoms with van der Waals surface area (Å²) in [6.45, 7) is 2.06. The summed E-state index contributed by atoms with van der Waals surface area (Å²) in [5.74, 6) is 1.24. The van der Waals surface area contributed by atoms with E-state index in [2.05, 4.69) is 20.9 Å². The summed E-state index contributed by atoms with van der Waals surface area (Å²) in [7, 11) is 3.02. The van der Waals surface area contributed by atoms with E-state index in [0.29, 0.717) is 45.1 Å². The van der Waals surface area contributed by atoms with E-state index in [1.165, 1.54) is 18.9 Å². The summed E-state index contributed by atoms with van der Waals surface area (Å²) in [6.07, 6.45) is 0.885. The number of aromatic nitrogens is 2. The fourth-order valence-corrected chi connectivity index (χ4v) is 3.73. The van der Waals surface area contributed by atoms with Crippen molar-refractivity contribution in [3.63, 3.8) is 0 Å². The number of oxime groups is 1. The fraction of sp³-hybridized carbons (Fsp3) is 0.304. The summed E-state index contributed by atoms with van der Waals surface area (Å²) in [5.41, 5.74) is 1.83. The van der Waals surface area contributed by atoms with Gasteiger partial charge in [-0.2, -0.15) is 5.10 Å². The highest BCUT2D eigenvalue weighted by Gasteiger charge is 2.31. The van der Waals surface area contributed by atoms with Crippen LogP contribution < -0.4 is 20.1 Å². The molecule has 3 heterocycles. The Labute approximate surface area is 206 Å². The molecule has 2 aromatic heterocycles. The quantitative estimate of drug-likeness (QED) is 0.461. The van der Waals surface area contributed by atoms with Gasteiger partial charge in [-0.3, -0.25) is 14.3 Å². The number of ether oxygens (including phenoxy) is 2. The molecule has 1 atom stereocenters. The lowest BCUT2D eigenvalue weighted by Crippen LogP contribution is -2.29. The number of nitrogens with zero attached hydrogens (tertiary/aromatic N) is 3. The number of aryl methyl sites for hydroxylation is 1. The minimum Gasteiger partial charge on any atom is -0.496 e. The Morgan fingerprint density at radius 3 is 2.74 bits per heavy atom. The molecule has 0 aliphatic carbocycles. The molecule has 12 heteroatoms. The Morgan fingerprint density at radius 2 is 2.03 bits per heavy atom. The van der Waals surface area contributed by atoms with Crippen LogP contribution in [0.3, 0.4) is 0 Å². The van der Waals surface area contributed by atoms with Gasteiger partial charge in [0.05, 0.1) is 37.8 Å². The molecule has 0 saturated carbocycles. The van der Waals surface area contributed by atoms with E-state index in [4.69, 9.17) is 30.3 Å². The van der Waals surface area contributed by atoms with Crippen molar-refractivity contribution in [3.05, 3.63) is 58.6 Å². The first-order chi connectivity index (χ1) is 16.9. The number of hydrogen-bond acceptors (Lipinski definition) is 8. The van der Waals surface area contributed by atoms with Crippen molar-refractivity contribution in [1.82, 2.24) is 15.1 Å². The molecule has 0 unspecified atom stereocenters. The van der Waals surface area contributed by atoms with Crippen molar-refractivity contribution in [2.75, 3.05) is 19.5 Å². The first-order valence-electron chi connectivity index (χ1n) is 10.7. The molecule has 4 rings (SSSR count). The van der Waals surface area contributed by atoms with Gasteiger partial charge in [0.15, 0.2) is 5.82 Å². The number of carbonyl (C=O) groups is 2. The topological polar surface area (TPSA) is 129 Å². The second-order valence-electron chi connectivity index (χ2n) is 7.70. The Balaban J connectivity index is 1.35. The van der Waals surface area contributed by atoms with E-state index in [1.54, 1.807) is 43.5 Å². The van der Waals surface area contributed by atoms with Gasteiger partial charge in [0.25, 0.3) is 5.91 Å². The maximum Gasteiger partial charge on any atom is 0.269 e. The molecule has 0 fully saturated rings. The maximum atomic E-state index is 12.8. The van der Waals surface area contributed by atoms with Crippen molar-refractivity contribution < 1.29 is 28.3 Å². The zero-order valence-electron chi connectivity index (χ0n) is 19.3. The number of halogens is 1. The molecular weight excluding hydrogens is 478 g/mol. The molecule has 1 aromatic carbocycles. The van der Waals surface area contributed by atoms with Crippen molar-refractivity contribution in [3.8, 4) is 11.5 Å². The third kappa shape index (κ3) is 5.57. The van der Waals surface area contributed by atoms with E-state index < -0.39 is 12.0 Å². The minimum atomic E-state index is -0.863. The molecule has 35 heavy (non-hydrogen) atoms. The van der Waals surface area contributed by atoms with Crippen molar-refractivity contribution in [2.45, 2.75) is 32.5 Å². The monoisotopic (exact) mass is 501 g/mol. The molecule has 0 saturated heterocycles. The number of carbonyl (C=O) groups excluding carboxylic acids is 2. The van der Waals surface area contributed by atoms with Crippen LogP contribution in [0.4, 0.5) is 5.82 Å². The summed E-state index contributed by atoms with van der Waals surface area (Å²) >= 11 is 6.24. The summed E-state index contributed by atoms with van der Waals surface area (Å²) in [6, 6.07) is 8.49. The number of benzene rings is 1. The summed E-state index contributed by atoms with van der Waals surface area (Å²) in [5, 5.41) is 14.2. The van der Waals surface area contributed by atoms with Crippen LogP contribution in [-0.4, -0.2) is 47.6 Å². The Morgan fingerprint density at radius 1 is 1.23 bits per heavy atom. The number of amides is 2. The zero-order chi connectivity index (χ0) is 24.9. The lowest BCUT2D eigenvalue weighted by atomic mass is 10.0. The molecule has 0 bridgehead atoms. The Kier molecular flexibility index (Phi) is 7.25. The predicted molar refractivity (Wildman–Crippen MR) is 127 cm³/mol. The average Bonchev–Trinajstić information content (AvgIpc) is 3.60. The smallest absolute Gasteiger partial charge is 0.269 e. The molecule has 2 N–H and O–H groups in total. The third-order valence-electron chi connectivity index (χ3n) is 5.31. The predicted octanol–water partition coefficient (Wildman–Crippen LogP) is 2.90. The molecule has 0 radical (unpaired) electrons. The van der Waals surface area contributed by atoms with Crippen LogP contribution in [0.25, 0.3) is 0 Å². The number of rotatable bonds is 9. The first-order valence-corrected chi connectivity index (χ1v) is 11.0. The van der Waals surface area contributed by atoms with E-state index in [-0.39, 0.29) is 25.4 Å². The first kappa shape index (κ1) is 24.1. The lowest BCUT2D eigenvalue weighted by molar-refractivity contribution is -0.125. The molecule has 3 aromatic rings. The van der Waals surface area contributed by atoms with E-state index in [0.717, 1.165) is 0 Å². The van der Waals surface area contributed by atoms with Crippen LogP contribution in [0.2, 0.25) is 5.02 Å². The summed E-state index contributed by atoms with van der Waals surface area (Å²) < 4.78 is 17.3. The normalized spacial score (nSPS) is 14.7. The molecule has 184 valence electrons. The van der Waals surface area contributed by atoms with Gasteiger partial charge in [0.1, 0.15) is 23.8 Å². The molecule has 1 aliphatic rings. The highest BCUT2D eigenvalue weighted by Crippen LogP contribution is 2.34. The molecule has 0 spiro atoms. The standard InChI is InChI=1S/C23H24ClN5O6/c1-13-7-21(27-29(13)12-22(30)25-11-14-5-4-6-34-14)26-23(31)20-9-17(28-35-20)15-8-16(24)19(33-3)10-18(15)32-2/h4-8,10,20H,9,11-12H2,1-3H3,(H,25,30)(H,26,27,31)/t20-/m1/s1. The number of anilines is 1. The molecule has 2 amide bonds. The van der Waals surface area contributed by atoms with Crippen LogP contribution in [0.1, 0.15) is 23.4 Å². The van der Waals surface area contributed by atoms with Crippen molar-refractivity contribution in [2.24, 2.45) is 5.16 Å². The fourth-order valence-electron chi connectivity index (χ4n) is 3.49. The number of nitrogens with one attached hydrogen (secondary N) is 2. The van der Waals surface area contributed by atoms with Gasteiger partial charge < -0.3 is 29.4 Å². The van der Waals surface area contributed by atoms with Crippen LogP contribution >= 0.6 is 11.6 Å². The van der Waals surface area contributed by atoms with E-state index in [9.17, 15) is 9.59 Å². The van der Waals surface area contributed by atoms with Crippen LogP contribution in [0.15, 0.2) is 46.2 Å². The highest BCUT2D eigenvalue weighted by atomic mass is 35.5. The second kappa shape index (κ2) is 10.5. The van der Waals surface area contributed by atoms with Gasteiger partial charge in [0.2, 0.25) is 12.0 Å². The number of furan rings is 1. The Bertz CT molecular complexity index is 1250. The zero-order valence-corrected chi connectivity index (χ0v) is 20.1. The SMILES string of the molecule is COc1cc(OC)c(C2=NO[C@@H](C(=O)Nc3cc(C)n(CC(=O)NCc4ccco4)n3)C2)cc1Cl. The lowest BCUT2D eigenvalue weighted by Gasteiger charge is -2.11. The maximum absolute atomic E-state index is 12.8. The molecule has 11 nitrogen and oxygen atoms in total. The van der Waals surface area contributed by atoms with Gasteiger partial charge in [0, 0.05) is 29.8 Å². The number of methoxy groups -OCH3 is 2. The average molecular weight is 502 g/mol. The van der Waals surface area contributed by atoms with Gasteiger partial charge in [-0.1, -0.05) is 16.8 Å². The van der Waals surface area contributed by atoms with E-state index >= 15 is 0 Å². The number of hydrogen-bond donors (Lipinski definition) is 2. The summed E-state index contributed by atoms with van der Waals surface area (Å²) in [4.78, 5) is 30.3. The molecule has 1 aliphatic heterocycles. The van der Waals surface area contributed by atoms with Crippen LogP contribution in [-0.2, 0) is 27.5 Å². The Hall–Kier alpha value is -3.99. The minimum absolute atomic E-state index is 0.00633. The van der Waals surface area contributed by atoms with Gasteiger partial charge in [-0.25, -0.2) is 0 Å². The van der Waals surface area contributed by atoms with Gasteiger partial charge >= 0.3 is 0 Å². The van der Waals surface area contributed by atoms with Gasteiger partial charge in [-0.15, -0.1) is 0 Å². The van der Waals surface area contributed by atoms with Crippen LogP contribution in [0, 0.1) is 6.92 Å². The van der Waals surface area contributed by atoms with Crippen LogP contribution in [0.5, 0.6) is 11.5 Å². The highest BCUT2D eigenvalue weighted by molar-refractivity contribution is 6.32.